The van der Waals surface area contributed by atoms with Crippen molar-refractivity contribution < 1.29 is 0 Å². The number of piperidine rings is 1. The van der Waals surface area contributed by atoms with Crippen molar-refractivity contribution in [3.63, 3.8) is 0 Å². The van der Waals surface area contributed by atoms with Crippen molar-refractivity contribution in [2.24, 2.45) is 5.73 Å². The van der Waals surface area contributed by atoms with Gasteiger partial charge in [-0.25, -0.2) is 4.98 Å². The number of benzene rings is 2. The third kappa shape index (κ3) is 3.67. The molecule has 0 aliphatic carbocycles. The van der Waals surface area contributed by atoms with Gasteiger partial charge in [-0.1, -0.05) is 36.4 Å². The molecule has 1 aliphatic rings. The SMILES string of the molecule is Cc1cccc2[nH]c([C@@H]3CCCN(Cc4cccc(CCN)c4)C3)nc12. The van der Waals surface area contributed by atoms with E-state index in [0.717, 1.165) is 42.9 Å². The van der Waals surface area contributed by atoms with Crippen molar-refractivity contribution in [1.82, 2.24) is 14.9 Å². The summed E-state index contributed by atoms with van der Waals surface area (Å²) in [7, 11) is 0. The maximum atomic E-state index is 5.70. The average Bonchev–Trinajstić information content (AvgIpc) is 3.08. The van der Waals surface area contributed by atoms with Crippen LogP contribution in [0.3, 0.4) is 0 Å². The third-order valence-corrected chi connectivity index (χ3v) is 5.46. The third-order valence-electron chi connectivity index (χ3n) is 5.46. The van der Waals surface area contributed by atoms with Gasteiger partial charge in [-0.2, -0.15) is 0 Å². The smallest absolute Gasteiger partial charge is 0.111 e. The Hall–Kier alpha value is -2.17. The Morgan fingerprint density at radius 2 is 2.04 bits per heavy atom. The van der Waals surface area contributed by atoms with Crippen LogP contribution in [0.4, 0.5) is 0 Å². The first-order valence-corrected chi connectivity index (χ1v) is 9.68. The predicted octanol–water partition coefficient (Wildman–Crippen LogP) is 3.75. The molecule has 0 bridgehead atoms. The molecule has 0 radical (unpaired) electrons. The zero-order valence-electron chi connectivity index (χ0n) is 15.5. The molecule has 0 amide bonds. The van der Waals surface area contributed by atoms with Gasteiger partial charge in [0.15, 0.2) is 0 Å². The lowest BCUT2D eigenvalue weighted by Gasteiger charge is -2.31. The normalized spacial score (nSPS) is 18.5. The number of nitrogens with two attached hydrogens (primary N) is 1. The molecule has 26 heavy (non-hydrogen) atoms. The Morgan fingerprint density at radius 3 is 2.88 bits per heavy atom. The molecule has 0 saturated carbocycles. The molecule has 136 valence electrons. The Balaban J connectivity index is 1.48. The van der Waals surface area contributed by atoms with Crippen molar-refractivity contribution in [2.75, 3.05) is 19.6 Å². The van der Waals surface area contributed by atoms with E-state index >= 15 is 0 Å². The van der Waals surface area contributed by atoms with E-state index in [1.165, 1.54) is 29.5 Å². The predicted molar refractivity (Wildman–Crippen MR) is 107 cm³/mol. The van der Waals surface area contributed by atoms with Crippen LogP contribution in [0, 0.1) is 6.92 Å². The van der Waals surface area contributed by atoms with Crippen LogP contribution in [0.2, 0.25) is 0 Å². The van der Waals surface area contributed by atoms with Crippen molar-refractivity contribution in [1.29, 1.82) is 0 Å². The Labute approximate surface area is 155 Å². The molecule has 4 heteroatoms. The van der Waals surface area contributed by atoms with Crippen LogP contribution in [-0.2, 0) is 13.0 Å². The molecule has 1 aliphatic heterocycles. The first-order chi connectivity index (χ1) is 12.7. The molecule has 1 aromatic heterocycles. The summed E-state index contributed by atoms with van der Waals surface area (Å²) in [4.78, 5) is 11.0. The molecule has 1 fully saturated rings. The summed E-state index contributed by atoms with van der Waals surface area (Å²) in [6, 6.07) is 15.2. The maximum Gasteiger partial charge on any atom is 0.111 e. The number of aromatic amines is 1. The number of likely N-dealkylation sites (tertiary alicyclic amines) is 1. The summed E-state index contributed by atoms with van der Waals surface area (Å²) in [5.74, 6) is 1.64. The molecular formula is C22H28N4. The summed E-state index contributed by atoms with van der Waals surface area (Å²) in [5.41, 5.74) is 11.9. The number of rotatable bonds is 5. The number of imidazole rings is 1. The van der Waals surface area contributed by atoms with E-state index in [2.05, 4.69) is 59.3 Å². The highest BCUT2D eigenvalue weighted by molar-refractivity contribution is 5.78. The second kappa shape index (κ2) is 7.60. The van der Waals surface area contributed by atoms with E-state index in [1.54, 1.807) is 0 Å². The minimum absolute atomic E-state index is 0.489. The summed E-state index contributed by atoms with van der Waals surface area (Å²) in [6.07, 6.45) is 3.39. The van der Waals surface area contributed by atoms with Crippen molar-refractivity contribution in [3.05, 3.63) is 65.0 Å². The van der Waals surface area contributed by atoms with Gasteiger partial charge >= 0.3 is 0 Å². The van der Waals surface area contributed by atoms with Crippen LogP contribution in [-0.4, -0.2) is 34.5 Å². The molecular weight excluding hydrogens is 320 g/mol. The Morgan fingerprint density at radius 1 is 1.19 bits per heavy atom. The average molecular weight is 348 g/mol. The molecule has 4 rings (SSSR count). The quantitative estimate of drug-likeness (QED) is 0.738. The monoisotopic (exact) mass is 348 g/mol. The van der Waals surface area contributed by atoms with Gasteiger partial charge in [-0.05, 0) is 62.0 Å². The highest BCUT2D eigenvalue weighted by Crippen LogP contribution is 2.28. The molecule has 0 unspecified atom stereocenters. The highest BCUT2D eigenvalue weighted by Gasteiger charge is 2.24. The van der Waals surface area contributed by atoms with Gasteiger partial charge < -0.3 is 10.7 Å². The fraction of sp³-hybridized carbons (Fsp3) is 0.409. The van der Waals surface area contributed by atoms with Gasteiger partial charge in [-0.15, -0.1) is 0 Å². The number of hydrogen-bond acceptors (Lipinski definition) is 3. The molecule has 2 heterocycles. The topological polar surface area (TPSA) is 57.9 Å². The van der Waals surface area contributed by atoms with Gasteiger partial charge in [-0.3, -0.25) is 4.90 Å². The van der Waals surface area contributed by atoms with Crippen LogP contribution in [0.1, 0.15) is 41.3 Å². The van der Waals surface area contributed by atoms with Crippen LogP contribution in [0.25, 0.3) is 11.0 Å². The molecule has 1 saturated heterocycles. The number of fused-ring (bicyclic) bond motifs is 1. The highest BCUT2D eigenvalue weighted by atomic mass is 15.1. The summed E-state index contributed by atoms with van der Waals surface area (Å²) >= 11 is 0. The molecule has 4 nitrogen and oxygen atoms in total. The fourth-order valence-electron chi connectivity index (χ4n) is 4.12. The lowest BCUT2D eigenvalue weighted by Crippen LogP contribution is -2.34. The summed E-state index contributed by atoms with van der Waals surface area (Å²) in [6.45, 7) is 6.08. The second-order valence-electron chi connectivity index (χ2n) is 7.53. The number of H-pyrrole nitrogens is 1. The second-order valence-corrected chi connectivity index (χ2v) is 7.53. The van der Waals surface area contributed by atoms with Gasteiger partial charge in [0.05, 0.1) is 11.0 Å². The lowest BCUT2D eigenvalue weighted by atomic mass is 9.96. The van der Waals surface area contributed by atoms with E-state index in [-0.39, 0.29) is 0 Å². The minimum Gasteiger partial charge on any atom is -0.342 e. The van der Waals surface area contributed by atoms with Crippen LogP contribution in [0.5, 0.6) is 0 Å². The van der Waals surface area contributed by atoms with Gasteiger partial charge in [0.2, 0.25) is 0 Å². The number of hydrogen-bond donors (Lipinski definition) is 2. The standard InChI is InChI=1S/C22H28N4/c1-16-5-2-9-20-21(16)25-22(24-20)19-8-4-12-26(15-19)14-18-7-3-6-17(13-18)10-11-23/h2-3,5-7,9,13,19H,4,8,10-12,14-15,23H2,1H3,(H,24,25)/t19-/m1/s1. The van der Waals surface area contributed by atoms with Crippen molar-refractivity contribution in [3.8, 4) is 0 Å². The zero-order valence-corrected chi connectivity index (χ0v) is 15.5. The van der Waals surface area contributed by atoms with Crippen LogP contribution >= 0.6 is 0 Å². The van der Waals surface area contributed by atoms with Crippen LogP contribution in [0.15, 0.2) is 42.5 Å². The van der Waals surface area contributed by atoms with Gasteiger partial charge in [0.25, 0.3) is 0 Å². The van der Waals surface area contributed by atoms with E-state index in [1.807, 2.05) is 0 Å². The van der Waals surface area contributed by atoms with Crippen molar-refractivity contribution >= 4 is 11.0 Å². The summed E-state index contributed by atoms with van der Waals surface area (Å²) < 4.78 is 0. The van der Waals surface area contributed by atoms with Gasteiger partial charge in [0.1, 0.15) is 5.82 Å². The van der Waals surface area contributed by atoms with E-state index in [4.69, 9.17) is 10.7 Å². The molecule has 3 aromatic rings. The maximum absolute atomic E-state index is 5.70. The zero-order chi connectivity index (χ0) is 17.9. The van der Waals surface area contributed by atoms with E-state index < -0.39 is 0 Å². The summed E-state index contributed by atoms with van der Waals surface area (Å²) in [5, 5.41) is 0. The molecule has 1 atom stereocenters. The van der Waals surface area contributed by atoms with E-state index in [0.29, 0.717) is 12.5 Å². The largest absolute Gasteiger partial charge is 0.342 e. The van der Waals surface area contributed by atoms with Crippen LogP contribution < -0.4 is 5.73 Å². The number of aryl methyl sites for hydroxylation is 1. The van der Waals surface area contributed by atoms with Crippen molar-refractivity contribution in [2.45, 2.75) is 38.6 Å². The van der Waals surface area contributed by atoms with E-state index in [9.17, 15) is 0 Å². The fourth-order valence-corrected chi connectivity index (χ4v) is 4.12. The lowest BCUT2D eigenvalue weighted by molar-refractivity contribution is 0.197. The first kappa shape index (κ1) is 17.3. The number of nitrogens with one attached hydrogen (secondary N) is 1. The Kier molecular flexibility index (Phi) is 5.05. The number of nitrogens with zero attached hydrogens (tertiary/aromatic N) is 2. The number of aromatic nitrogens is 2. The first-order valence-electron chi connectivity index (χ1n) is 9.68. The molecule has 0 spiro atoms. The minimum atomic E-state index is 0.489. The molecule has 2 aromatic carbocycles. The Bertz CT molecular complexity index is 883. The molecule has 3 N–H and O–H groups in total. The number of para-hydroxylation sites is 1. The van der Waals surface area contributed by atoms with Gasteiger partial charge in [0, 0.05) is 19.0 Å².